The summed E-state index contributed by atoms with van der Waals surface area (Å²) in [6.07, 6.45) is -0.240. The van der Waals surface area contributed by atoms with E-state index in [0.29, 0.717) is 5.92 Å². The normalized spacial score (nSPS) is 13.2. The maximum atomic E-state index is 9.60. The molecule has 14 heavy (non-hydrogen) atoms. The number of aliphatic hydroxyl groups is 1. The van der Waals surface area contributed by atoms with Crippen molar-refractivity contribution in [3.63, 3.8) is 0 Å². The first kappa shape index (κ1) is 11.9. The lowest BCUT2D eigenvalue weighted by Gasteiger charge is -2.13. The predicted molar refractivity (Wildman–Crippen MR) is 63.0 cm³/mol. The van der Waals surface area contributed by atoms with Gasteiger partial charge in [0.1, 0.15) is 0 Å². The fraction of sp³-hybridized carbons (Fsp3) is 0.455. The van der Waals surface area contributed by atoms with Crippen LogP contribution in [0.5, 0.6) is 0 Å². The van der Waals surface area contributed by atoms with Crippen LogP contribution in [0.2, 0.25) is 5.02 Å². The van der Waals surface area contributed by atoms with Crippen molar-refractivity contribution in [2.24, 2.45) is 5.92 Å². The van der Waals surface area contributed by atoms with E-state index in [4.69, 9.17) is 11.6 Å². The summed E-state index contributed by atoms with van der Waals surface area (Å²) in [5.74, 6) is 1.05. The molecule has 0 aliphatic rings. The summed E-state index contributed by atoms with van der Waals surface area (Å²) in [4.78, 5) is 1.15. The molecule has 1 nitrogen and oxygen atoms in total. The molecular weight excluding hydrogens is 216 g/mol. The van der Waals surface area contributed by atoms with Gasteiger partial charge < -0.3 is 5.11 Å². The van der Waals surface area contributed by atoms with E-state index >= 15 is 0 Å². The molecule has 1 atom stereocenters. The van der Waals surface area contributed by atoms with Gasteiger partial charge in [-0.2, -0.15) is 0 Å². The second kappa shape index (κ2) is 5.64. The van der Waals surface area contributed by atoms with E-state index in [0.717, 1.165) is 15.7 Å². The Bertz CT molecular complexity index is 271. The molecule has 0 saturated carbocycles. The van der Waals surface area contributed by atoms with Crippen molar-refractivity contribution >= 4 is 23.4 Å². The quantitative estimate of drug-likeness (QED) is 0.800. The van der Waals surface area contributed by atoms with Crippen molar-refractivity contribution in [3.05, 3.63) is 29.3 Å². The second-order valence-electron chi connectivity index (χ2n) is 3.58. The van der Waals surface area contributed by atoms with Gasteiger partial charge in [-0.25, -0.2) is 0 Å². The molecule has 3 heteroatoms. The smallest absolute Gasteiger partial charge is 0.0656 e. The summed E-state index contributed by atoms with van der Waals surface area (Å²) >= 11 is 7.42. The molecule has 0 aliphatic carbocycles. The molecule has 1 N–H and O–H groups in total. The average molecular weight is 231 g/mol. The molecule has 1 unspecified atom stereocenters. The molecule has 0 amide bonds. The predicted octanol–water partition coefficient (Wildman–Crippen LogP) is 3.45. The second-order valence-corrected chi connectivity index (χ2v) is 5.11. The minimum atomic E-state index is -0.240. The van der Waals surface area contributed by atoms with Gasteiger partial charge in [0, 0.05) is 15.7 Å². The maximum absolute atomic E-state index is 9.60. The van der Waals surface area contributed by atoms with Crippen LogP contribution < -0.4 is 0 Å². The van der Waals surface area contributed by atoms with Crippen molar-refractivity contribution in [2.75, 3.05) is 5.75 Å². The van der Waals surface area contributed by atoms with Crippen molar-refractivity contribution in [1.29, 1.82) is 0 Å². The van der Waals surface area contributed by atoms with Crippen LogP contribution in [0, 0.1) is 5.92 Å². The number of hydrogen-bond donors (Lipinski definition) is 1. The Kier molecular flexibility index (Phi) is 4.79. The van der Waals surface area contributed by atoms with Crippen molar-refractivity contribution < 1.29 is 5.11 Å². The third-order valence-electron chi connectivity index (χ3n) is 2.00. The molecule has 0 fully saturated rings. The van der Waals surface area contributed by atoms with E-state index in [1.807, 2.05) is 38.1 Å². The maximum Gasteiger partial charge on any atom is 0.0656 e. The summed E-state index contributed by atoms with van der Waals surface area (Å²) in [6, 6.07) is 7.68. The van der Waals surface area contributed by atoms with E-state index in [9.17, 15) is 5.11 Å². The number of benzene rings is 1. The standard InChI is InChI=1S/C11H15ClOS/c1-8(2)11(13)7-14-10-5-3-9(12)4-6-10/h3-6,8,11,13H,7H2,1-2H3. The third-order valence-corrected chi connectivity index (χ3v) is 3.37. The Labute approximate surface area is 94.5 Å². The first-order valence-corrected chi connectivity index (χ1v) is 6.02. The van der Waals surface area contributed by atoms with E-state index in [1.54, 1.807) is 11.8 Å². The van der Waals surface area contributed by atoms with E-state index in [-0.39, 0.29) is 6.10 Å². The minimum Gasteiger partial charge on any atom is -0.392 e. The van der Waals surface area contributed by atoms with Crippen LogP contribution >= 0.6 is 23.4 Å². The van der Waals surface area contributed by atoms with Gasteiger partial charge in [0.2, 0.25) is 0 Å². The number of thioether (sulfide) groups is 1. The molecular formula is C11H15ClOS. The SMILES string of the molecule is CC(C)C(O)CSc1ccc(Cl)cc1. The highest BCUT2D eigenvalue weighted by molar-refractivity contribution is 7.99. The van der Waals surface area contributed by atoms with E-state index < -0.39 is 0 Å². The highest BCUT2D eigenvalue weighted by atomic mass is 35.5. The topological polar surface area (TPSA) is 20.2 Å². The Morgan fingerprint density at radius 3 is 2.36 bits per heavy atom. The summed E-state index contributed by atoms with van der Waals surface area (Å²) < 4.78 is 0. The fourth-order valence-corrected chi connectivity index (χ4v) is 2.11. The summed E-state index contributed by atoms with van der Waals surface area (Å²) in [5.41, 5.74) is 0. The van der Waals surface area contributed by atoms with Gasteiger partial charge >= 0.3 is 0 Å². The summed E-state index contributed by atoms with van der Waals surface area (Å²) in [5, 5.41) is 10.3. The van der Waals surface area contributed by atoms with Crippen molar-refractivity contribution in [1.82, 2.24) is 0 Å². The van der Waals surface area contributed by atoms with Gasteiger partial charge in [0.05, 0.1) is 6.10 Å². The Morgan fingerprint density at radius 1 is 1.29 bits per heavy atom. The van der Waals surface area contributed by atoms with Gasteiger partial charge in [0.25, 0.3) is 0 Å². The molecule has 1 rings (SSSR count). The van der Waals surface area contributed by atoms with Crippen LogP contribution in [-0.4, -0.2) is 17.0 Å². The van der Waals surface area contributed by atoms with Crippen LogP contribution in [0.1, 0.15) is 13.8 Å². The molecule has 0 bridgehead atoms. The molecule has 0 radical (unpaired) electrons. The average Bonchev–Trinajstić information content (AvgIpc) is 2.16. The number of hydrogen-bond acceptors (Lipinski definition) is 2. The van der Waals surface area contributed by atoms with Crippen LogP contribution in [0.25, 0.3) is 0 Å². The fourth-order valence-electron chi connectivity index (χ4n) is 0.905. The largest absolute Gasteiger partial charge is 0.392 e. The van der Waals surface area contributed by atoms with Gasteiger partial charge in [-0.3, -0.25) is 0 Å². The van der Waals surface area contributed by atoms with Gasteiger partial charge in [-0.15, -0.1) is 11.8 Å². The highest BCUT2D eigenvalue weighted by Crippen LogP contribution is 2.22. The van der Waals surface area contributed by atoms with Crippen LogP contribution in [0.4, 0.5) is 0 Å². The van der Waals surface area contributed by atoms with Crippen molar-refractivity contribution in [3.8, 4) is 0 Å². The lowest BCUT2D eigenvalue weighted by molar-refractivity contribution is 0.149. The monoisotopic (exact) mass is 230 g/mol. The Balaban J connectivity index is 2.42. The summed E-state index contributed by atoms with van der Waals surface area (Å²) in [6.45, 7) is 4.04. The van der Waals surface area contributed by atoms with Gasteiger partial charge in [-0.1, -0.05) is 25.4 Å². The molecule has 0 heterocycles. The lowest BCUT2D eigenvalue weighted by atomic mass is 10.1. The zero-order chi connectivity index (χ0) is 10.6. The molecule has 0 aromatic heterocycles. The van der Waals surface area contributed by atoms with Crippen LogP contribution in [-0.2, 0) is 0 Å². The summed E-state index contributed by atoms with van der Waals surface area (Å²) in [7, 11) is 0. The van der Waals surface area contributed by atoms with Gasteiger partial charge in [-0.05, 0) is 30.2 Å². The molecule has 78 valence electrons. The third kappa shape index (κ3) is 3.91. The van der Waals surface area contributed by atoms with Crippen molar-refractivity contribution in [2.45, 2.75) is 24.8 Å². The molecule has 0 spiro atoms. The van der Waals surface area contributed by atoms with Crippen LogP contribution in [0.3, 0.4) is 0 Å². The zero-order valence-electron chi connectivity index (χ0n) is 8.40. The molecule has 1 aromatic rings. The Morgan fingerprint density at radius 2 is 1.86 bits per heavy atom. The first-order chi connectivity index (χ1) is 6.59. The van der Waals surface area contributed by atoms with Gasteiger partial charge in [0.15, 0.2) is 0 Å². The first-order valence-electron chi connectivity index (χ1n) is 4.66. The highest BCUT2D eigenvalue weighted by Gasteiger charge is 2.08. The minimum absolute atomic E-state index is 0.240. The van der Waals surface area contributed by atoms with E-state index in [1.165, 1.54) is 0 Å². The molecule has 0 saturated heterocycles. The van der Waals surface area contributed by atoms with E-state index in [2.05, 4.69) is 0 Å². The number of aliphatic hydroxyl groups excluding tert-OH is 1. The molecule has 0 aliphatic heterocycles. The molecule has 1 aromatic carbocycles. The lowest BCUT2D eigenvalue weighted by Crippen LogP contribution is -2.17. The van der Waals surface area contributed by atoms with Crippen LogP contribution in [0.15, 0.2) is 29.2 Å². The zero-order valence-corrected chi connectivity index (χ0v) is 9.98. The number of rotatable bonds is 4. The Hall–Kier alpha value is -0.180. The number of halogens is 1.